The first-order valence-corrected chi connectivity index (χ1v) is 11.5. The smallest absolute Gasteiger partial charge is 0.416 e. The fraction of sp³-hybridized carbons (Fsp3) is 0.192. The minimum atomic E-state index is -4.40. The number of esters is 1. The number of fused-ring (bicyclic) bond motifs is 1. The fourth-order valence-corrected chi connectivity index (χ4v) is 3.92. The molecule has 0 fully saturated rings. The van der Waals surface area contributed by atoms with Gasteiger partial charge in [-0.2, -0.15) is 28.4 Å². The Bertz CT molecular complexity index is 1610. The molecule has 0 saturated heterocycles. The van der Waals surface area contributed by atoms with Gasteiger partial charge in [-0.15, -0.1) is 0 Å². The van der Waals surface area contributed by atoms with E-state index in [2.05, 4.69) is 20.2 Å². The molecule has 9 nitrogen and oxygen atoms in total. The highest BCUT2D eigenvalue weighted by Crippen LogP contribution is 2.32. The molecule has 0 aliphatic heterocycles. The van der Waals surface area contributed by atoms with E-state index in [0.29, 0.717) is 28.7 Å². The van der Waals surface area contributed by atoms with Crippen LogP contribution in [0.2, 0.25) is 0 Å². The number of nitrogens with zero attached hydrogens (tertiary/aromatic N) is 6. The Hall–Kier alpha value is -4.74. The average Bonchev–Trinajstić information content (AvgIpc) is 3.56. The number of carbonyl (C=O) groups is 1. The summed E-state index contributed by atoms with van der Waals surface area (Å²) < 4.78 is 52.7. The molecule has 0 aliphatic carbocycles. The van der Waals surface area contributed by atoms with Gasteiger partial charge in [0.1, 0.15) is 11.0 Å². The summed E-state index contributed by atoms with van der Waals surface area (Å²) in [6, 6.07) is 12.4. The van der Waals surface area contributed by atoms with Crippen LogP contribution in [0.25, 0.3) is 28.1 Å². The van der Waals surface area contributed by atoms with Gasteiger partial charge in [0.25, 0.3) is 5.95 Å². The van der Waals surface area contributed by atoms with Gasteiger partial charge in [-0.05, 0) is 35.7 Å². The number of hydrogen-bond acceptors (Lipinski definition) is 7. The predicted molar refractivity (Wildman–Crippen MR) is 131 cm³/mol. The SMILES string of the molecule is CCOC(=O)c1cnn(-c2nc(OC)c3c(cnn3Cc3ccc(-c4cccc(C(F)(F)F)c4)cc3)n2)c1. The van der Waals surface area contributed by atoms with E-state index in [-0.39, 0.29) is 24.0 Å². The fourth-order valence-electron chi connectivity index (χ4n) is 3.92. The molecule has 38 heavy (non-hydrogen) atoms. The van der Waals surface area contributed by atoms with Crippen LogP contribution in [0.4, 0.5) is 13.2 Å². The molecule has 12 heteroatoms. The van der Waals surface area contributed by atoms with Crippen LogP contribution < -0.4 is 4.74 Å². The summed E-state index contributed by atoms with van der Waals surface area (Å²) in [7, 11) is 1.47. The maximum absolute atomic E-state index is 13.1. The van der Waals surface area contributed by atoms with E-state index in [0.717, 1.165) is 17.7 Å². The highest BCUT2D eigenvalue weighted by atomic mass is 19.4. The second-order valence-corrected chi connectivity index (χ2v) is 8.24. The molecule has 0 unspecified atom stereocenters. The number of alkyl halides is 3. The first-order chi connectivity index (χ1) is 18.3. The van der Waals surface area contributed by atoms with Crippen molar-refractivity contribution in [1.29, 1.82) is 0 Å². The summed E-state index contributed by atoms with van der Waals surface area (Å²) in [4.78, 5) is 20.9. The molecule has 0 radical (unpaired) electrons. The van der Waals surface area contributed by atoms with E-state index < -0.39 is 17.7 Å². The molecule has 0 saturated carbocycles. The number of hydrogen-bond donors (Lipinski definition) is 0. The lowest BCUT2D eigenvalue weighted by Crippen LogP contribution is -2.07. The topological polar surface area (TPSA) is 97.0 Å². The molecule has 3 aromatic heterocycles. The minimum Gasteiger partial charge on any atom is -0.479 e. The third-order valence-electron chi connectivity index (χ3n) is 5.75. The monoisotopic (exact) mass is 522 g/mol. The lowest BCUT2D eigenvalue weighted by atomic mass is 10.0. The summed E-state index contributed by atoms with van der Waals surface area (Å²) in [5.74, 6) is -0.0511. The molecule has 0 bridgehead atoms. The molecule has 2 aromatic carbocycles. The van der Waals surface area contributed by atoms with E-state index in [1.165, 1.54) is 30.3 Å². The highest BCUT2D eigenvalue weighted by Gasteiger charge is 2.30. The largest absolute Gasteiger partial charge is 0.479 e. The number of benzene rings is 2. The van der Waals surface area contributed by atoms with Gasteiger partial charge in [-0.1, -0.05) is 36.4 Å². The van der Waals surface area contributed by atoms with E-state index in [4.69, 9.17) is 9.47 Å². The zero-order valence-electron chi connectivity index (χ0n) is 20.3. The first-order valence-electron chi connectivity index (χ1n) is 11.5. The van der Waals surface area contributed by atoms with Crippen LogP contribution in [-0.4, -0.2) is 49.2 Å². The lowest BCUT2D eigenvalue weighted by Gasteiger charge is -2.10. The Labute approximate surface area is 214 Å². The molecule has 5 aromatic rings. The molecule has 194 valence electrons. The number of methoxy groups -OCH3 is 1. The van der Waals surface area contributed by atoms with Crippen LogP contribution >= 0.6 is 0 Å². The van der Waals surface area contributed by atoms with E-state index in [1.54, 1.807) is 36.0 Å². The molecule has 0 amide bonds. The number of ether oxygens (including phenoxy) is 2. The molecule has 0 spiro atoms. The van der Waals surface area contributed by atoms with Gasteiger partial charge in [0, 0.05) is 6.20 Å². The van der Waals surface area contributed by atoms with Gasteiger partial charge in [-0.3, -0.25) is 4.68 Å². The molecule has 0 aliphatic rings. The molecular formula is C26H21F3N6O3. The first kappa shape index (κ1) is 24.9. The Morgan fingerprint density at radius 3 is 2.50 bits per heavy atom. The van der Waals surface area contributed by atoms with Gasteiger partial charge in [0.15, 0.2) is 0 Å². The quantitative estimate of drug-likeness (QED) is 0.280. The van der Waals surface area contributed by atoms with Gasteiger partial charge in [-0.25, -0.2) is 14.5 Å². The number of aromatic nitrogens is 6. The van der Waals surface area contributed by atoms with Crippen molar-refractivity contribution in [2.75, 3.05) is 13.7 Å². The summed E-state index contributed by atoms with van der Waals surface area (Å²) >= 11 is 0. The van der Waals surface area contributed by atoms with E-state index in [9.17, 15) is 18.0 Å². The maximum Gasteiger partial charge on any atom is 0.416 e. The van der Waals surface area contributed by atoms with Crippen LogP contribution in [0.5, 0.6) is 5.88 Å². The normalized spacial score (nSPS) is 11.6. The van der Waals surface area contributed by atoms with E-state index in [1.807, 2.05) is 12.1 Å². The molecular weight excluding hydrogens is 501 g/mol. The second-order valence-electron chi connectivity index (χ2n) is 8.24. The van der Waals surface area contributed by atoms with Crippen LogP contribution in [0.1, 0.15) is 28.4 Å². The number of carbonyl (C=O) groups excluding carboxylic acids is 1. The summed E-state index contributed by atoms with van der Waals surface area (Å²) in [6.07, 6.45) is -0.00601. The lowest BCUT2D eigenvalue weighted by molar-refractivity contribution is -0.137. The van der Waals surface area contributed by atoms with Crippen LogP contribution in [0.3, 0.4) is 0 Å². The minimum absolute atomic E-state index is 0.190. The molecule has 3 heterocycles. The second kappa shape index (κ2) is 9.96. The van der Waals surface area contributed by atoms with Crippen LogP contribution in [0, 0.1) is 0 Å². The Balaban J connectivity index is 1.41. The molecule has 5 rings (SSSR count). The van der Waals surface area contributed by atoms with Crippen molar-refractivity contribution in [3.8, 4) is 23.0 Å². The van der Waals surface area contributed by atoms with Gasteiger partial charge in [0.2, 0.25) is 5.88 Å². The maximum atomic E-state index is 13.1. The zero-order chi connectivity index (χ0) is 26.9. The third-order valence-corrected chi connectivity index (χ3v) is 5.75. The van der Waals surface area contributed by atoms with Gasteiger partial charge < -0.3 is 9.47 Å². The average molecular weight is 522 g/mol. The van der Waals surface area contributed by atoms with Crippen molar-refractivity contribution in [3.63, 3.8) is 0 Å². The van der Waals surface area contributed by atoms with Crippen molar-refractivity contribution >= 4 is 17.0 Å². The number of halogens is 3. The van der Waals surface area contributed by atoms with E-state index >= 15 is 0 Å². The standard InChI is InChI=1S/C26H21F3N6O3/c1-3-38-24(36)19-12-30-35(15-19)25-32-21-13-31-34(22(21)23(33-25)37-2)14-16-7-9-17(10-8-16)18-5-4-6-20(11-18)26(27,28)29/h4-13,15H,3,14H2,1-2H3. The van der Waals surface area contributed by atoms with Crippen molar-refractivity contribution in [3.05, 3.63) is 83.8 Å². The van der Waals surface area contributed by atoms with Crippen molar-refractivity contribution in [2.24, 2.45) is 0 Å². The summed E-state index contributed by atoms with van der Waals surface area (Å²) in [5, 5.41) is 8.56. The molecule has 0 atom stereocenters. The molecule has 0 N–H and O–H groups in total. The van der Waals surface area contributed by atoms with Crippen molar-refractivity contribution in [1.82, 2.24) is 29.5 Å². The van der Waals surface area contributed by atoms with Gasteiger partial charge in [0.05, 0.1) is 43.8 Å². The van der Waals surface area contributed by atoms with Crippen LogP contribution in [0.15, 0.2) is 67.1 Å². The zero-order valence-corrected chi connectivity index (χ0v) is 20.3. The highest BCUT2D eigenvalue weighted by molar-refractivity contribution is 5.88. The predicted octanol–water partition coefficient (Wildman–Crippen LogP) is 4.93. The Morgan fingerprint density at radius 2 is 1.79 bits per heavy atom. The Kier molecular flexibility index (Phi) is 6.53. The Morgan fingerprint density at radius 1 is 1.00 bits per heavy atom. The third kappa shape index (κ3) is 4.92. The summed E-state index contributed by atoms with van der Waals surface area (Å²) in [5.41, 5.74) is 2.62. The van der Waals surface area contributed by atoms with Crippen LogP contribution in [-0.2, 0) is 17.5 Å². The van der Waals surface area contributed by atoms with Crippen molar-refractivity contribution in [2.45, 2.75) is 19.6 Å². The number of rotatable bonds is 7. The summed E-state index contributed by atoms with van der Waals surface area (Å²) in [6.45, 7) is 2.31. The van der Waals surface area contributed by atoms with Crippen molar-refractivity contribution < 1.29 is 27.4 Å². The van der Waals surface area contributed by atoms with Gasteiger partial charge >= 0.3 is 12.1 Å².